The normalized spacial score (nSPS) is 12.8. The molecule has 74 valence electrons. The summed E-state index contributed by atoms with van der Waals surface area (Å²) in [4.78, 5) is 21.2. The molecule has 4 nitrogen and oxygen atoms in total. The van der Waals surface area contributed by atoms with Gasteiger partial charge in [-0.25, -0.2) is 4.79 Å². The topological polar surface area (TPSA) is 52.6 Å². The molecule has 0 N–H and O–H groups in total. The molecule has 1 atom stereocenters. The molecule has 0 aromatic carbocycles. The zero-order chi connectivity index (χ0) is 10.5. The average Bonchev–Trinajstić information content (AvgIpc) is 1.96. The van der Waals surface area contributed by atoms with Crippen molar-refractivity contribution in [3.8, 4) is 0 Å². The van der Waals surface area contributed by atoms with Crippen LogP contribution >= 0.6 is 0 Å². The highest BCUT2D eigenvalue weighted by Crippen LogP contribution is 2.08. The third kappa shape index (κ3) is 5.90. The molecule has 0 bridgehead atoms. The summed E-state index contributed by atoms with van der Waals surface area (Å²) in [5, 5.41) is 0. The fourth-order valence-corrected chi connectivity index (χ4v) is 0.517. The minimum atomic E-state index is -0.935. The van der Waals surface area contributed by atoms with Gasteiger partial charge in [-0.3, -0.25) is 4.79 Å². The van der Waals surface area contributed by atoms with Gasteiger partial charge in [0.05, 0.1) is 0 Å². The van der Waals surface area contributed by atoms with Crippen LogP contribution in [0.15, 0.2) is 12.7 Å². The fourth-order valence-electron chi connectivity index (χ4n) is 0.517. The van der Waals surface area contributed by atoms with Crippen LogP contribution in [0.3, 0.4) is 0 Å². The molecular formula is C9H14O4. The second-order valence-electron chi connectivity index (χ2n) is 3.42. The van der Waals surface area contributed by atoms with Gasteiger partial charge in [-0.05, 0) is 26.8 Å². The Labute approximate surface area is 77.5 Å². The van der Waals surface area contributed by atoms with Gasteiger partial charge in [-0.1, -0.05) is 6.58 Å². The van der Waals surface area contributed by atoms with Crippen LogP contribution in [0.25, 0.3) is 0 Å². The molecule has 0 amide bonds. The Morgan fingerprint density at radius 2 is 2.00 bits per heavy atom. The summed E-state index contributed by atoms with van der Waals surface area (Å²) in [6.07, 6.45) is -0.118. The summed E-state index contributed by atoms with van der Waals surface area (Å²) in [5.74, 6) is 0. The zero-order valence-corrected chi connectivity index (χ0v) is 8.07. The smallest absolute Gasteiger partial charge is 0.429 e. The first-order chi connectivity index (χ1) is 5.89. The van der Waals surface area contributed by atoms with E-state index >= 15 is 0 Å². The second-order valence-corrected chi connectivity index (χ2v) is 3.42. The van der Waals surface area contributed by atoms with Crippen LogP contribution in [-0.4, -0.2) is 24.1 Å². The Hall–Kier alpha value is -1.32. The summed E-state index contributed by atoms with van der Waals surface area (Å²) in [7, 11) is 0. The third-order valence-corrected chi connectivity index (χ3v) is 0.988. The Bertz CT molecular complexity index is 194. The van der Waals surface area contributed by atoms with Gasteiger partial charge in [-0.15, -0.1) is 0 Å². The van der Waals surface area contributed by atoms with Crippen molar-refractivity contribution in [2.24, 2.45) is 0 Å². The van der Waals surface area contributed by atoms with E-state index < -0.39 is 17.9 Å². The molecule has 4 heteroatoms. The Morgan fingerprint density at radius 1 is 1.46 bits per heavy atom. The number of carbonyl (C=O) groups excluding carboxylic acids is 2. The molecular weight excluding hydrogens is 172 g/mol. The Balaban J connectivity index is 4.00. The van der Waals surface area contributed by atoms with Crippen LogP contribution < -0.4 is 0 Å². The summed E-state index contributed by atoms with van der Waals surface area (Å²) >= 11 is 0. The van der Waals surface area contributed by atoms with E-state index in [2.05, 4.69) is 11.3 Å². The van der Waals surface area contributed by atoms with E-state index in [-0.39, 0.29) is 0 Å². The first-order valence-electron chi connectivity index (χ1n) is 3.86. The maximum atomic E-state index is 10.9. The van der Waals surface area contributed by atoms with Crippen molar-refractivity contribution in [1.29, 1.82) is 0 Å². The number of rotatable bonds is 3. The molecule has 0 radical (unpaired) electrons. The fraction of sp³-hybridized carbons (Fsp3) is 0.556. The Morgan fingerprint density at radius 3 is 2.31 bits per heavy atom. The minimum Gasteiger partial charge on any atom is -0.429 e. The van der Waals surface area contributed by atoms with Crippen LogP contribution in [-0.2, 0) is 14.3 Å². The SMILES string of the molecule is C=CC(C=O)OC(=O)OC(C)(C)C. The van der Waals surface area contributed by atoms with Crippen molar-refractivity contribution in [1.82, 2.24) is 0 Å². The van der Waals surface area contributed by atoms with Crippen molar-refractivity contribution in [3.05, 3.63) is 12.7 Å². The van der Waals surface area contributed by atoms with Gasteiger partial charge in [0.15, 0.2) is 12.4 Å². The van der Waals surface area contributed by atoms with Gasteiger partial charge in [0.2, 0.25) is 0 Å². The highest BCUT2D eigenvalue weighted by Gasteiger charge is 2.19. The van der Waals surface area contributed by atoms with Gasteiger partial charge in [-0.2, -0.15) is 0 Å². The molecule has 1 unspecified atom stereocenters. The highest BCUT2D eigenvalue weighted by atomic mass is 16.7. The molecule has 0 aliphatic heterocycles. The molecule has 0 fully saturated rings. The molecule has 0 saturated carbocycles. The molecule has 0 saturated heterocycles. The summed E-state index contributed by atoms with van der Waals surface area (Å²) in [6, 6.07) is 0. The van der Waals surface area contributed by atoms with E-state index in [1.165, 1.54) is 6.08 Å². The summed E-state index contributed by atoms with van der Waals surface area (Å²) in [5.41, 5.74) is -0.619. The standard InChI is InChI=1S/C9H14O4/c1-5-7(6-10)12-8(11)13-9(2,3)4/h5-7H,1H2,2-4H3. The van der Waals surface area contributed by atoms with Gasteiger partial charge in [0.25, 0.3) is 0 Å². The predicted molar refractivity (Wildman–Crippen MR) is 47.4 cm³/mol. The zero-order valence-electron chi connectivity index (χ0n) is 8.07. The number of ether oxygens (including phenoxy) is 2. The van der Waals surface area contributed by atoms with E-state index in [0.29, 0.717) is 6.29 Å². The lowest BCUT2D eigenvalue weighted by Gasteiger charge is -2.19. The molecule has 0 rings (SSSR count). The summed E-state index contributed by atoms with van der Waals surface area (Å²) in [6.45, 7) is 8.44. The van der Waals surface area contributed by atoms with E-state index in [0.717, 1.165) is 0 Å². The van der Waals surface area contributed by atoms with Crippen LogP contribution in [0.5, 0.6) is 0 Å². The van der Waals surface area contributed by atoms with E-state index in [4.69, 9.17) is 4.74 Å². The van der Waals surface area contributed by atoms with E-state index in [9.17, 15) is 9.59 Å². The van der Waals surface area contributed by atoms with E-state index in [1.54, 1.807) is 20.8 Å². The number of hydrogen-bond donors (Lipinski definition) is 0. The van der Waals surface area contributed by atoms with Crippen molar-refractivity contribution in [2.45, 2.75) is 32.5 Å². The van der Waals surface area contributed by atoms with Crippen LogP contribution in [0.2, 0.25) is 0 Å². The average molecular weight is 186 g/mol. The quantitative estimate of drug-likeness (QED) is 0.382. The number of hydrogen-bond acceptors (Lipinski definition) is 4. The lowest BCUT2D eigenvalue weighted by molar-refractivity contribution is -0.115. The second kappa shape index (κ2) is 4.64. The highest BCUT2D eigenvalue weighted by molar-refractivity contribution is 5.67. The first kappa shape index (κ1) is 11.7. The van der Waals surface area contributed by atoms with Crippen molar-refractivity contribution in [3.63, 3.8) is 0 Å². The number of aldehydes is 1. The lowest BCUT2D eigenvalue weighted by Crippen LogP contribution is -2.27. The molecule has 0 aromatic heterocycles. The molecule has 13 heavy (non-hydrogen) atoms. The molecule has 0 aliphatic carbocycles. The van der Waals surface area contributed by atoms with Gasteiger partial charge >= 0.3 is 6.16 Å². The first-order valence-corrected chi connectivity index (χ1v) is 3.86. The largest absolute Gasteiger partial charge is 0.509 e. The van der Waals surface area contributed by atoms with Crippen LogP contribution in [0, 0.1) is 0 Å². The predicted octanol–water partition coefficient (Wildman–Crippen LogP) is 1.69. The monoisotopic (exact) mass is 186 g/mol. The van der Waals surface area contributed by atoms with Crippen LogP contribution in [0.4, 0.5) is 4.79 Å². The van der Waals surface area contributed by atoms with Crippen molar-refractivity contribution < 1.29 is 19.1 Å². The summed E-state index contributed by atoms with van der Waals surface area (Å²) < 4.78 is 9.38. The van der Waals surface area contributed by atoms with Crippen molar-refractivity contribution >= 4 is 12.4 Å². The maximum Gasteiger partial charge on any atom is 0.509 e. The molecule has 0 aromatic rings. The lowest BCUT2D eigenvalue weighted by atomic mass is 10.2. The van der Waals surface area contributed by atoms with E-state index in [1.807, 2.05) is 0 Å². The minimum absolute atomic E-state index is 0.469. The van der Waals surface area contributed by atoms with Gasteiger partial charge in [0.1, 0.15) is 5.60 Å². The van der Waals surface area contributed by atoms with Crippen molar-refractivity contribution in [2.75, 3.05) is 0 Å². The maximum absolute atomic E-state index is 10.9. The number of carbonyl (C=O) groups is 2. The third-order valence-electron chi connectivity index (χ3n) is 0.988. The molecule has 0 spiro atoms. The molecule has 0 aliphatic rings. The van der Waals surface area contributed by atoms with Gasteiger partial charge < -0.3 is 9.47 Å². The Kier molecular flexibility index (Phi) is 4.17. The van der Waals surface area contributed by atoms with Gasteiger partial charge in [0, 0.05) is 0 Å². The van der Waals surface area contributed by atoms with Crippen LogP contribution in [0.1, 0.15) is 20.8 Å². The molecule has 0 heterocycles.